The molecule has 1 aliphatic carbocycles. The van der Waals surface area contributed by atoms with Crippen molar-refractivity contribution in [1.82, 2.24) is 19.6 Å². The Morgan fingerprint density at radius 3 is 2.43 bits per heavy atom. The Morgan fingerprint density at radius 2 is 1.69 bits per heavy atom. The maximum absolute atomic E-state index is 13.2. The quantitative estimate of drug-likeness (QED) is 0.468. The highest BCUT2D eigenvalue weighted by atomic mass is 19.4. The van der Waals surface area contributed by atoms with Crippen LogP contribution in [0.5, 0.6) is 0 Å². The van der Waals surface area contributed by atoms with Crippen LogP contribution in [0.25, 0.3) is 11.4 Å². The van der Waals surface area contributed by atoms with Crippen LogP contribution in [0.1, 0.15) is 39.4 Å². The van der Waals surface area contributed by atoms with Crippen LogP contribution in [0, 0.1) is 6.92 Å². The third-order valence-corrected chi connectivity index (χ3v) is 5.88. The summed E-state index contributed by atoms with van der Waals surface area (Å²) in [6, 6.07) is 15.0. The van der Waals surface area contributed by atoms with E-state index in [-0.39, 0.29) is 5.69 Å². The van der Waals surface area contributed by atoms with Gasteiger partial charge in [-0.1, -0.05) is 24.3 Å². The van der Waals surface area contributed by atoms with Gasteiger partial charge in [0.25, 0.3) is 5.91 Å². The predicted molar refractivity (Wildman–Crippen MR) is 123 cm³/mol. The van der Waals surface area contributed by atoms with Gasteiger partial charge in [0.05, 0.1) is 22.6 Å². The minimum atomic E-state index is -4.54. The molecule has 0 atom stereocenters. The summed E-state index contributed by atoms with van der Waals surface area (Å²) in [5, 5.41) is 11.6. The van der Waals surface area contributed by atoms with Crippen molar-refractivity contribution >= 4 is 11.7 Å². The molecule has 0 spiro atoms. The molecule has 0 bridgehead atoms. The number of aromatic nitrogens is 4. The van der Waals surface area contributed by atoms with Gasteiger partial charge in [-0.15, -0.1) is 0 Å². The smallest absolute Gasteiger partial charge is 0.305 e. The van der Waals surface area contributed by atoms with Gasteiger partial charge in [-0.2, -0.15) is 23.4 Å². The van der Waals surface area contributed by atoms with Crippen LogP contribution in [0.2, 0.25) is 0 Å². The number of rotatable bonds is 4. The number of anilines is 1. The molecule has 1 aliphatic rings. The highest BCUT2D eigenvalue weighted by molar-refractivity contribution is 6.03. The van der Waals surface area contributed by atoms with Crippen LogP contribution < -0.4 is 10.7 Å². The average molecular weight is 479 g/mol. The van der Waals surface area contributed by atoms with Gasteiger partial charge in [-0.3, -0.25) is 9.59 Å². The lowest BCUT2D eigenvalue weighted by molar-refractivity contribution is -0.137. The number of aryl methyl sites for hydroxylation is 2. The first kappa shape index (κ1) is 22.6. The van der Waals surface area contributed by atoms with E-state index in [1.165, 1.54) is 25.1 Å². The van der Waals surface area contributed by atoms with Gasteiger partial charge in [0.1, 0.15) is 5.82 Å². The third-order valence-electron chi connectivity index (χ3n) is 5.88. The van der Waals surface area contributed by atoms with E-state index in [1.807, 2.05) is 30.3 Å². The minimum absolute atomic E-state index is 0.0848. The van der Waals surface area contributed by atoms with E-state index in [1.54, 1.807) is 4.68 Å². The number of nitrogens with one attached hydrogen (secondary N) is 1. The number of carbonyl (C=O) groups is 1. The summed E-state index contributed by atoms with van der Waals surface area (Å²) in [5.41, 5.74) is 0.975. The second kappa shape index (κ2) is 8.53. The number of para-hydroxylation sites is 1. The van der Waals surface area contributed by atoms with E-state index < -0.39 is 28.8 Å². The van der Waals surface area contributed by atoms with E-state index in [0.717, 1.165) is 53.0 Å². The Kier molecular flexibility index (Phi) is 5.50. The van der Waals surface area contributed by atoms with E-state index in [4.69, 9.17) is 0 Å². The molecule has 1 N–H and O–H groups in total. The molecule has 0 radical (unpaired) electrons. The van der Waals surface area contributed by atoms with Gasteiger partial charge in [0.2, 0.25) is 5.43 Å². The maximum atomic E-state index is 13.2. The van der Waals surface area contributed by atoms with Crippen molar-refractivity contribution in [3.8, 4) is 11.4 Å². The summed E-state index contributed by atoms with van der Waals surface area (Å²) < 4.78 is 42.4. The molecule has 0 fully saturated rings. The van der Waals surface area contributed by atoms with Gasteiger partial charge < -0.3 is 5.32 Å². The van der Waals surface area contributed by atoms with Crippen LogP contribution >= 0.6 is 0 Å². The largest absolute Gasteiger partial charge is 0.416 e. The summed E-state index contributed by atoms with van der Waals surface area (Å²) in [6.07, 6.45) is -2.13. The zero-order chi connectivity index (χ0) is 24.7. The number of fused-ring (bicyclic) bond motifs is 1. The molecule has 2 aromatic carbocycles. The van der Waals surface area contributed by atoms with Crippen LogP contribution in [0.4, 0.5) is 19.0 Å². The first-order valence-electron chi connectivity index (χ1n) is 11.0. The number of alkyl halides is 3. The molecule has 1 amide bonds. The van der Waals surface area contributed by atoms with Crippen LogP contribution in [0.3, 0.4) is 0 Å². The Balaban J connectivity index is 1.55. The maximum Gasteiger partial charge on any atom is 0.416 e. The number of carbonyl (C=O) groups excluding carboxylic acids is 1. The van der Waals surface area contributed by atoms with Crippen molar-refractivity contribution in [3.63, 3.8) is 0 Å². The van der Waals surface area contributed by atoms with Gasteiger partial charge in [0.15, 0.2) is 5.69 Å². The predicted octanol–water partition coefficient (Wildman–Crippen LogP) is 4.49. The number of benzene rings is 2. The lowest BCUT2D eigenvalue weighted by atomic mass is 10.2. The Labute approximate surface area is 197 Å². The highest BCUT2D eigenvalue weighted by Gasteiger charge is 2.31. The molecule has 5 rings (SSSR count). The van der Waals surface area contributed by atoms with E-state index in [0.29, 0.717) is 11.5 Å². The molecular weight excluding hydrogens is 459 g/mol. The summed E-state index contributed by atoms with van der Waals surface area (Å²) in [7, 11) is 0. The van der Waals surface area contributed by atoms with E-state index in [9.17, 15) is 22.8 Å². The second-order valence-electron chi connectivity index (χ2n) is 8.29. The summed E-state index contributed by atoms with van der Waals surface area (Å²) >= 11 is 0. The van der Waals surface area contributed by atoms with Crippen LogP contribution in [-0.2, 0) is 19.0 Å². The molecule has 178 valence electrons. The van der Waals surface area contributed by atoms with Gasteiger partial charge in [-0.25, -0.2) is 9.36 Å². The molecule has 4 aromatic rings. The molecule has 2 aromatic heterocycles. The number of hydrogen-bond acceptors (Lipinski definition) is 4. The molecular formula is C25H20F3N5O2. The number of amides is 1. The lowest BCUT2D eigenvalue weighted by Gasteiger charge is -2.14. The third kappa shape index (κ3) is 4.23. The van der Waals surface area contributed by atoms with Crippen molar-refractivity contribution in [3.05, 3.63) is 99.1 Å². The Hall–Kier alpha value is -4.21. The monoisotopic (exact) mass is 479 g/mol. The van der Waals surface area contributed by atoms with Crippen molar-refractivity contribution in [2.75, 3.05) is 5.32 Å². The molecule has 7 nitrogen and oxygen atoms in total. The van der Waals surface area contributed by atoms with Gasteiger partial charge in [-0.05, 0) is 56.5 Å². The first-order chi connectivity index (χ1) is 16.7. The first-order valence-corrected chi connectivity index (χ1v) is 11.0. The standard InChI is InChI=1S/C25H20F3N5O2/c1-15-13-21(34)22(31-32(15)18-10-5-7-16(14-18)25(26,27)28)24(35)29-23-19-11-6-12-20(19)30-33(23)17-8-3-2-4-9-17/h2-5,7-10,13-14H,6,11-12H2,1H3,(H,29,35). The number of halogens is 3. The molecule has 0 saturated carbocycles. The van der Waals surface area contributed by atoms with Crippen molar-refractivity contribution in [1.29, 1.82) is 0 Å². The minimum Gasteiger partial charge on any atom is -0.305 e. The fourth-order valence-electron chi connectivity index (χ4n) is 4.22. The Morgan fingerprint density at radius 1 is 0.943 bits per heavy atom. The van der Waals surface area contributed by atoms with E-state index in [2.05, 4.69) is 15.5 Å². The lowest BCUT2D eigenvalue weighted by Crippen LogP contribution is -2.28. The average Bonchev–Trinajstić information content (AvgIpc) is 3.42. The summed E-state index contributed by atoms with van der Waals surface area (Å²) in [4.78, 5) is 25.9. The normalized spacial score (nSPS) is 13.0. The van der Waals surface area contributed by atoms with Crippen LogP contribution in [-0.4, -0.2) is 25.5 Å². The zero-order valence-electron chi connectivity index (χ0n) is 18.6. The fourth-order valence-corrected chi connectivity index (χ4v) is 4.22. The van der Waals surface area contributed by atoms with Crippen molar-refractivity contribution in [2.45, 2.75) is 32.4 Å². The second-order valence-corrected chi connectivity index (χ2v) is 8.29. The zero-order valence-corrected chi connectivity index (χ0v) is 18.6. The number of hydrogen-bond donors (Lipinski definition) is 1. The highest BCUT2D eigenvalue weighted by Crippen LogP contribution is 2.32. The summed E-state index contributed by atoms with van der Waals surface area (Å²) in [6.45, 7) is 1.54. The van der Waals surface area contributed by atoms with Crippen LogP contribution in [0.15, 0.2) is 65.5 Å². The molecule has 0 saturated heterocycles. The molecule has 2 heterocycles. The number of nitrogens with zero attached hydrogens (tertiary/aromatic N) is 4. The molecule has 0 aliphatic heterocycles. The molecule has 35 heavy (non-hydrogen) atoms. The van der Waals surface area contributed by atoms with Gasteiger partial charge in [0, 0.05) is 17.3 Å². The Bertz CT molecular complexity index is 1490. The van der Waals surface area contributed by atoms with Crippen molar-refractivity contribution in [2.24, 2.45) is 0 Å². The molecule has 0 unspecified atom stereocenters. The topological polar surface area (TPSA) is 81.8 Å². The SMILES string of the molecule is Cc1cc(=O)c(C(=O)Nc2c3c(nn2-c2ccccc2)CCC3)nn1-c1cccc(C(F)(F)F)c1. The summed E-state index contributed by atoms with van der Waals surface area (Å²) in [5.74, 6) is -0.302. The van der Waals surface area contributed by atoms with Gasteiger partial charge >= 0.3 is 6.18 Å². The van der Waals surface area contributed by atoms with E-state index >= 15 is 0 Å². The molecule has 10 heteroatoms. The van der Waals surface area contributed by atoms with Crippen molar-refractivity contribution < 1.29 is 18.0 Å². The fraction of sp³-hybridized carbons (Fsp3) is 0.200.